The first-order valence-electron chi connectivity index (χ1n) is 6.48. The highest BCUT2D eigenvalue weighted by Crippen LogP contribution is 2.30. The van der Waals surface area contributed by atoms with Gasteiger partial charge in [0.1, 0.15) is 0 Å². The highest BCUT2D eigenvalue weighted by molar-refractivity contribution is 6.31. The second-order valence-electron chi connectivity index (χ2n) is 5.13. The van der Waals surface area contributed by atoms with Gasteiger partial charge in [0.15, 0.2) is 0 Å². The summed E-state index contributed by atoms with van der Waals surface area (Å²) in [7, 11) is 4.20. The normalized spacial score (nSPS) is 11.8. The van der Waals surface area contributed by atoms with Crippen LogP contribution in [0.5, 0.6) is 0 Å². The zero-order valence-corrected chi connectivity index (χ0v) is 12.0. The lowest BCUT2D eigenvalue weighted by atomic mass is 10.2. The molecular formula is C16H17ClN2. The lowest BCUT2D eigenvalue weighted by Gasteiger charge is -2.12. The molecular weight excluding hydrogens is 256 g/mol. The lowest BCUT2D eigenvalue weighted by Crippen LogP contribution is -2.18. The van der Waals surface area contributed by atoms with Gasteiger partial charge >= 0.3 is 0 Å². The zero-order chi connectivity index (χ0) is 13.4. The Morgan fingerprint density at radius 3 is 2.53 bits per heavy atom. The van der Waals surface area contributed by atoms with Crippen LogP contribution in [0.4, 0.5) is 0 Å². The fourth-order valence-electron chi connectivity index (χ4n) is 2.57. The second kappa shape index (κ2) is 4.87. The Hall–Kier alpha value is -1.51. The monoisotopic (exact) mass is 272 g/mol. The molecule has 3 aromatic rings. The van der Waals surface area contributed by atoms with Crippen LogP contribution in [0.15, 0.2) is 42.5 Å². The van der Waals surface area contributed by atoms with E-state index in [1.165, 1.54) is 21.8 Å². The molecule has 0 saturated carbocycles. The Morgan fingerprint density at radius 1 is 1.00 bits per heavy atom. The van der Waals surface area contributed by atoms with Crippen molar-refractivity contribution in [3.05, 3.63) is 47.5 Å². The van der Waals surface area contributed by atoms with E-state index in [1.54, 1.807) is 0 Å². The Labute approximate surface area is 118 Å². The van der Waals surface area contributed by atoms with Crippen molar-refractivity contribution in [1.82, 2.24) is 9.47 Å². The zero-order valence-electron chi connectivity index (χ0n) is 11.2. The van der Waals surface area contributed by atoms with Crippen LogP contribution in [-0.4, -0.2) is 30.1 Å². The van der Waals surface area contributed by atoms with Gasteiger partial charge in [0.05, 0.1) is 0 Å². The molecule has 1 aromatic heterocycles. The molecule has 2 aromatic carbocycles. The minimum Gasteiger partial charge on any atom is -0.339 e. The molecule has 0 N–H and O–H groups in total. The van der Waals surface area contributed by atoms with Crippen molar-refractivity contribution in [2.24, 2.45) is 0 Å². The number of halogens is 1. The van der Waals surface area contributed by atoms with Gasteiger partial charge in [-0.1, -0.05) is 29.8 Å². The van der Waals surface area contributed by atoms with Crippen LogP contribution in [-0.2, 0) is 6.54 Å². The molecule has 3 heteroatoms. The first kappa shape index (κ1) is 12.5. The van der Waals surface area contributed by atoms with E-state index in [0.29, 0.717) is 0 Å². The van der Waals surface area contributed by atoms with Crippen LogP contribution in [0.3, 0.4) is 0 Å². The molecule has 0 spiro atoms. The van der Waals surface area contributed by atoms with Gasteiger partial charge in [-0.05, 0) is 38.4 Å². The molecule has 98 valence electrons. The number of para-hydroxylation sites is 1. The fraction of sp³-hybridized carbons (Fsp3) is 0.250. The minimum atomic E-state index is 0.794. The molecule has 0 bridgehead atoms. The molecule has 0 radical (unpaired) electrons. The third-order valence-corrected chi connectivity index (χ3v) is 3.74. The van der Waals surface area contributed by atoms with Crippen molar-refractivity contribution in [2.75, 3.05) is 20.6 Å². The van der Waals surface area contributed by atoms with Gasteiger partial charge < -0.3 is 9.47 Å². The molecule has 19 heavy (non-hydrogen) atoms. The molecule has 0 aliphatic heterocycles. The fourth-order valence-corrected chi connectivity index (χ4v) is 2.74. The number of rotatable bonds is 3. The number of fused-ring (bicyclic) bond motifs is 3. The summed E-state index contributed by atoms with van der Waals surface area (Å²) in [5.41, 5.74) is 2.54. The number of hydrogen-bond donors (Lipinski definition) is 0. The van der Waals surface area contributed by atoms with Gasteiger partial charge in [-0.3, -0.25) is 0 Å². The Morgan fingerprint density at radius 2 is 1.74 bits per heavy atom. The molecule has 0 atom stereocenters. The van der Waals surface area contributed by atoms with Crippen LogP contribution >= 0.6 is 11.6 Å². The van der Waals surface area contributed by atoms with E-state index in [0.717, 1.165) is 18.1 Å². The van der Waals surface area contributed by atoms with Crippen LogP contribution in [0.25, 0.3) is 21.8 Å². The van der Waals surface area contributed by atoms with Gasteiger partial charge in [-0.2, -0.15) is 0 Å². The van der Waals surface area contributed by atoms with E-state index in [-0.39, 0.29) is 0 Å². The van der Waals surface area contributed by atoms with E-state index < -0.39 is 0 Å². The molecule has 0 aliphatic rings. The van der Waals surface area contributed by atoms with E-state index in [2.05, 4.69) is 60.0 Å². The summed E-state index contributed by atoms with van der Waals surface area (Å²) in [6.45, 7) is 2.01. The summed E-state index contributed by atoms with van der Waals surface area (Å²) >= 11 is 6.14. The van der Waals surface area contributed by atoms with Gasteiger partial charge in [0.25, 0.3) is 0 Å². The quantitative estimate of drug-likeness (QED) is 0.699. The van der Waals surface area contributed by atoms with Gasteiger partial charge in [-0.15, -0.1) is 0 Å². The van der Waals surface area contributed by atoms with Crippen molar-refractivity contribution < 1.29 is 0 Å². The minimum absolute atomic E-state index is 0.794. The van der Waals surface area contributed by atoms with E-state index >= 15 is 0 Å². The summed E-state index contributed by atoms with van der Waals surface area (Å²) in [5, 5.41) is 3.31. The van der Waals surface area contributed by atoms with E-state index in [4.69, 9.17) is 11.6 Å². The maximum Gasteiger partial charge on any atom is 0.0492 e. The predicted octanol–water partition coefficient (Wildman–Crippen LogP) is 4.01. The number of nitrogens with zero attached hydrogens (tertiary/aromatic N) is 2. The second-order valence-corrected chi connectivity index (χ2v) is 5.57. The average molecular weight is 273 g/mol. The largest absolute Gasteiger partial charge is 0.339 e. The highest BCUT2D eigenvalue weighted by Gasteiger charge is 2.10. The molecule has 3 rings (SSSR count). The summed E-state index contributed by atoms with van der Waals surface area (Å²) in [6.07, 6.45) is 0. The predicted molar refractivity (Wildman–Crippen MR) is 83.0 cm³/mol. The number of benzene rings is 2. The molecule has 0 unspecified atom stereocenters. The number of likely N-dealkylation sites (N-methyl/N-ethyl adjacent to an activating group) is 1. The Bertz CT molecular complexity index is 728. The van der Waals surface area contributed by atoms with Crippen LogP contribution in [0.1, 0.15) is 0 Å². The summed E-state index contributed by atoms with van der Waals surface area (Å²) in [5.74, 6) is 0. The Balaban J connectivity index is 2.26. The Kier molecular flexibility index (Phi) is 3.21. The topological polar surface area (TPSA) is 8.17 Å². The summed E-state index contributed by atoms with van der Waals surface area (Å²) in [6, 6.07) is 14.7. The van der Waals surface area contributed by atoms with E-state index in [1.807, 2.05) is 6.07 Å². The third-order valence-electron chi connectivity index (χ3n) is 3.51. The SMILES string of the molecule is CN(C)CCn1c2ccccc2c2cc(Cl)ccc21. The van der Waals surface area contributed by atoms with Crippen LogP contribution in [0, 0.1) is 0 Å². The van der Waals surface area contributed by atoms with Gasteiger partial charge in [0, 0.05) is 39.9 Å². The summed E-state index contributed by atoms with van der Waals surface area (Å²) in [4.78, 5) is 2.20. The third kappa shape index (κ3) is 2.22. The molecule has 0 aliphatic carbocycles. The molecule has 0 amide bonds. The van der Waals surface area contributed by atoms with Crippen LogP contribution in [0.2, 0.25) is 5.02 Å². The first-order valence-corrected chi connectivity index (χ1v) is 6.86. The standard InChI is InChI=1S/C16H17ClN2/c1-18(2)9-10-19-15-6-4-3-5-13(15)14-11-12(17)7-8-16(14)19/h3-8,11H,9-10H2,1-2H3. The smallest absolute Gasteiger partial charge is 0.0492 e. The molecule has 0 saturated heterocycles. The number of hydrogen-bond acceptors (Lipinski definition) is 1. The number of aromatic nitrogens is 1. The van der Waals surface area contributed by atoms with Crippen LogP contribution < -0.4 is 0 Å². The molecule has 0 fully saturated rings. The van der Waals surface area contributed by atoms with Crippen molar-refractivity contribution >= 4 is 33.4 Å². The highest BCUT2D eigenvalue weighted by atomic mass is 35.5. The van der Waals surface area contributed by atoms with E-state index in [9.17, 15) is 0 Å². The van der Waals surface area contributed by atoms with Gasteiger partial charge in [0.2, 0.25) is 0 Å². The van der Waals surface area contributed by atoms with Crippen molar-refractivity contribution in [1.29, 1.82) is 0 Å². The van der Waals surface area contributed by atoms with Gasteiger partial charge in [-0.25, -0.2) is 0 Å². The van der Waals surface area contributed by atoms with Crippen molar-refractivity contribution in [3.63, 3.8) is 0 Å². The van der Waals surface area contributed by atoms with Crippen molar-refractivity contribution in [3.8, 4) is 0 Å². The molecule has 2 nitrogen and oxygen atoms in total. The maximum atomic E-state index is 6.14. The summed E-state index contributed by atoms with van der Waals surface area (Å²) < 4.78 is 2.38. The molecule has 1 heterocycles. The average Bonchev–Trinajstić information content (AvgIpc) is 2.70. The van der Waals surface area contributed by atoms with Crippen molar-refractivity contribution in [2.45, 2.75) is 6.54 Å². The first-order chi connectivity index (χ1) is 9.16. The maximum absolute atomic E-state index is 6.14. The lowest BCUT2D eigenvalue weighted by molar-refractivity contribution is 0.389.